The molecule has 0 amide bonds. The van der Waals surface area contributed by atoms with Crippen molar-refractivity contribution in [1.82, 2.24) is 0 Å². The van der Waals surface area contributed by atoms with Gasteiger partial charge in [0.05, 0.1) is 31.8 Å². The van der Waals surface area contributed by atoms with E-state index >= 15 is 0 Å². The lowest BCUT2D eigenvalue weighted by atomic mass is 10.0. The van der Waals surface area contributed by atoms with Crippen LogP contribution in [-0.2, 0) is 0 Å². The van der Waals surface area contributed by atoms with Gasteiger partial charge in [0.25, 0.3) is 0 Å². The van der Waals surface area contributed by atoms with Gasteiger partial charge in [0.2, 0.25) is 0 Å². The van der Waals surface area contributed by atoms with E-state index in [1.165, 1.54) is 19.4 Å². The molecule has 0 fully saturated rings. The van der Waals surface area contributed by atoms with Gasteiger partial charge in [0.1, 0.15) is 0 Å². The van der Waals surface area contributed by atoms with Crippen LogP contribution >= 0.6 is 0 Å². The highest BCUT2D eigenvalue weighted by molar-refractivity contribution is 5.91. The van der Waals surface area contributed by atoms with E-state index in [4.69, 9.17) is 13.9 Å². The van der Waals surface area contributed by atoms with Crippen molar-refractivity contribution < 1.29 is 23.8 Å². The van der Waals surface area contributed by atoms with E-state index in [2.05, 4.69) is 0 Å². The van der Waals surface area contributed by atoms with Crippen LogP contribution in [0.5, 0.6) is 11.5 Å². The van der Waals surface area contributed by atoms with Gasteiger partial charge in [-0.25, -0.2) is 4.79 Å². The summed E-state index contributed by atoms with van der Waals surface area (Å²) in [5, 5.41) is 9.17. The third-order valence-corrected chi connectivity index (χ3v) is 2.80. The number of aromatic carboxylic acids is 1. The Morgan fingerprint density at radius 3 is 2.75 bits per heavy atom. The highest BCUT2D eigenvalue weighted by Crippen LogP contribution is 2.39. The molecule has 1 aromatic heterocycles. The predicted molar refractivity (Wildman–Crippen MR) is 73.4 cm³/mol. The molecule has 106 valence electrons. The fraction of sp³-hybridized carbons (Fsp3) is 0.267. The maximum absolute atomic E-state index is 11.2. The van der Waals surface area contributed by atoms with E-state index in [-0.39, 0.29) is 5.56 Å². The summed E-state index contributed by atoms with van der Waals surface area (Å²) >= 11 is 0. The van der Waals surface area contributed by atoms with Crippen molar-refractivity contribution in [1.29, 1.82) is 0 Å². The summed E-state index contributed by atoms with van der Waals surface area (Å²) in [5.41, 5.74) is 1.53. The molecular formula is C15H16O5. The molecule has 5 nitrogen and oxygen atoms in total. The number of ether oxygens (including phenoxy) is 2. The number of carboxylic acid groups (broad SMARTS) is 1. The molecule has 0 spiro atoms. The fourth-order valence-electron chi connectivity index (χ4n) is 1.86. The Labute approximate surface area is 116 Å². The third kappa shape index (κ3) is 2.77. The Balaban J connectivity index is 2.59. The van der Waals surface area contributed by atoms with Gasteiger partial charge in [-0.1, -0.05) is 6.92 Å². The van der Waals surface area contributed by atoms with Crippen LogP contribution in [0.25, 0.3) is 11.1 Å². The molecule has 0 aliphatic rings. The van der Waals surface area contributed by atoms with Crippen LogP contribution in [0.2, 0.25) is 0 Å². The van der Waals surface area contributed by atoms with Gasteiger partial charge in [0.15, 0.2) is 11.5 Å². The second kappa shape index (κ2) is 6.14. The van der Waals surface area contributed by atoms with Crippen molar-refractivity contribution in [3.8, 4) is 22.6 Å². The first-order valence-corrected chi connectivity index (χ1v) is 6.28. The zero-order chi connectivity index (χ0) is 14.5. The van der Waals surface area contributed by atoms with Crippen LogP contribution in [0.15, 0.2) is 35.1 Å². The van der Waals surface area contributed by atoms with E-state index in [1.807, 2.05) is 6.92 Å². The van der Waals surface area contributed by atoms with E-state index in [1.54, 1.807) is 18.4 Å². The van der Waals surface area contributed by atoms with Gasteiger partial charge in [0, 0.05) is 11.1 Å². The summed E-state index contributed by atoms with van der Waals surface area (Å²) in [6.07, 6.45) is 3.91. The largest absolute Gasteiger partial charge is 0.493 e. The molecule has 0 aliphatic carbocycles. The van der Waals surface area contributed by atoms with Crippen LogP contribution < -0.4 is 9.47 Å². The smallest absolute Gasteiger partial charge is 0.335 e. The normalized spacial score (nSPS) is 10.3. The van der Waals surface area contributed by atoms with Crippen LogP contribution in [0.3, 0.4) is 0 Å². The number of furan rings is 1. The van der Waals surface area contributed by atoms with Crippen molar-refractivity contribution in [2.24, 2.45) is 0 Å². The Bertz CT molecular complexity index is 587. The van der Waals surface area contributed by atoms with Gasteiger partial charge >= 0.3 is 5.97 Å². The van der Waals surface area contributed by atoms with E-state index in [9.17, 15) is 9.90 Å². The van der Waals surface area contributed by atoms with Gasteiger partial charge < -0.3 is 19.0 Å². The van der Waals surface area contributed by atoms with Crippen molar-refractivity contribution in [2.75, 3.05) is 13.7 Å². The van der Waals surface area contributed by atoms with Crippen molar-refractivity contribution in [3.05, 3.63) is 36.3 Å². The number of hydrogen-bond acceptors (Lipinski definition) is 4. The Morgan fingerprint density at radius 1 is 1.40 bits per heavy atom. The van der Waals surface area contributed by atoms with Crippen molar-refractivity contribution in [3.63, 3.8) is 0 Å². The number of carboxylic acids is 1. The first-order chi connectivity index (χ1) is 9.67. The summed E-state index contributed by atoms with van der Waals surface area (Å²) in [6.45, 7) is 2.52. The maximum atomic E-state index is 11.2. The van der Waals surface area contributed by atoms with Crippen LogP contribution in [-0.4, -0.2) is 24.8 Å². The van der Waals surface area contributed by atoms with Gasteiger partial charge in [-0.05, 0) is 24.6 Å². The molecule has 1 aromatic carbocycles. The van der Waals surface area contributed by atoms with Gasteiger partial charge in [-0.3, -0.25) is 0 Å². The van der Waals surface area contributed by atoms with Crippen molar-refractivity contribution >= 4 is 5.97 Å². The Kier molecular flexibility index (Phi) is 4.30. The summed E-state index contributed by atoms with van der Waals surface area (Å²) in [4.78, 5) is 11.2. The molecule has 1 heterocycles. The molecule has 0 radical (unpaired) electrons. The highest BCUT2D eigenvalue weighted by atomic mass is 16.5. The van der Waals surface area contributed by atoms with E-state index in [0.29, 0.717) is 23.7 Å². The zero-order valence-electron chi connectivity index (χ0n) is 11.4. The monoisotopic (exact) mass is 276 g/mol. The molecule has 0 unspecified atom stereocenters. The van der Waals surface area contributed by atoms with Gasteiger partial charge in [-0.2, -0.15) is 0 Å². The second-order valence-electron chi connectivity index (χ2n) is 4.22. The standard InChI is InChI=1S/C15H16O5/c1-3-5-20-14-12(10-4-6-19-9-10)7-11(15(16)17)8-13(14)18-2/h4,6-9H,3,5H2,1-2H3,(H,16,17). The average Bonchev–Trinajstić information content (AvgIpc) is 2.98. The Hall–Kier alpha value is -2.43. The molecule has 0 saturated carbocycles. The van der Waals surface area contributed by atoms with Gasteiger partial charge in [-0.15, -0.1) is 0 Å². The SMILES string of the molecule is CCCOc1c(OC)cc(C(=O)O)cc1-c1ccoc1. The topological polar surface area (TPSA) is 68.9 Å². The molecule has 0 atom stereocenters. The number of carbonyl (C=O) groups is 1. The lowest BCUT2D eigenvalue weighted by molar-refractivity contribution is 0.0696. The summed E-state index contributed by atoms with van der Waals surface area (Å²) < 4.78 is 16.0. The number of benzene rings is 1. The van der Waals surface area contributed by atoms with Crippen LogP contribution in [0.1, 0.15) is 23.7 Å². The molecule has 5 heteroatoms. The zero-order valence-corrected chi connectivity index (χ0v) is 11.4. The molecule has 0 bridgehead atoms. The minimum atomic E-state index is -1.02. The second-order valence-corrected chi connectivity index (χ2v) is 4.22. The third-order valence-electron chi connectivity index (χ3n) is 2.80. The summed E-state index contributed by atoms with van der Waals surface area (Å²) in [6, 6.07) is 4.76. The van der Waals surface area contributed by atoms with Crippen LogP contribution in [0.4, 0.5) is 0 Å². The van der Waals surface area contributed by atoms with Crippen LogP contribution in [0, 0.1) is 0 Å². The molecule has 2 aromatic rings. The number of rotatable bonds is 6. The van der Waals surface area contributed by atoms with E-state index < -0.39 is 5.97 Å². The number of methoxy groups -OCH3 is 1. The predicted octanol–water partition coefficient (Wildman–Crippen LogP) is 3.44. The lowest BCUT2D eigenvalue weighted by Gasteiger charge is -2.15. The molecule has 0 aliphatic heterocycles. The lowest BCUT2D eigenvalue weighted by Crippen LogP contribution is -2.03. The molecule has 20 heavy (non-hydrogen) atoms. The molecular weight excluding hydrogens is 260 g/mol. The fourth-order valence-corrected chi connectivity index (χ4v) is 1.86. The maximum Gasteiger partial charge on any atom is 0.335 e. The van der Waals surface area contributed by atoms with Crippen molar-refractivity contribution in [2.45, 2.75) is 13.3 Å². The highest BCUT2D eigenvalue weighted by Gasteiger charge is 2.18. The first-order valence-electron chi connectivity index (χ1n) is 6.28. The number of hydrogen-bond donors (Lipinski definition) is 1. The quantitative estimate of drug-likeness (QED) is 0.875. The first kappa shape index (κ1) is 14.0. The average molecular weight is 276 g/mol. The summed E-state index contributed by atoms with van der Waals surface area (Å²) in [5.74, 6) is -0.0922. The van der Waals surface area contributed by atoms with E-state index in [0.717, 1.165) is 12.0 Å². The molecule has 1 N–H and O–H groups in total. The Morgan fingerprint density at radius 2 is 2.20 bits per heavy atom. The molecule has 0 saturated heterocycles. The molecule has 2 rings (SSSR count). The summed E-state index contributed by atoms with van der Waals surface area (Å²) in [7, 11) is 1.49. The minimum absolute atomic E-state index is 0.141. The minimum Gasteiger partial charge on any atom is -0.493 e.